The number of amides is 1. The first kappa shape index (κ1) is 20.8. The molecule has 31 heavy (non-hydrogen) atoms. The Kier molecular flexibility index (Phi) is 6.43. The van der Waals surface area contributed by atoms with Gasteiger partial charge in [0.2, 0.25) is 5.91 Å². The van der Waals surface area contributed by atoms with Crippen molar-refractivity contribution in [1.29, 1.82) is 0 Å². The zero-order valence-corrected chi connectivity index (χ0v) is 18.0. The van der Waals surface area contributed by atoms with Gasteiger partial charge in [-0.3, -0.25) is 14.3 Å². The fourth-order valence-electron chi connectivity index (χ4n) is 3.38. The van der Waals surface area contributed by atoms with Crippen molar-refractivity contribution in [3.63, 3.8) is 0 Å². The molecule has 0 spiro atoms. The van der Waals surface area contributed by atoms with Crippen LogP contribution in [0.15, 0.2) is 84.8 Å². The lowest BCUT2D eigenvalue weighted by molar-refractivity contribution is -0.119. The maximum absolute atomic E-state index is 12.6. The summed E-state index contributed by atoms with van der Waals surface area (Å²) in [4.78, 5) is 16.6. The summed E-state index contributed by atoms with van der Waals surface area (Å²) in [5.74, 6) is 0.933. The molecule has 0 aliphatic carbocycles. The zero-order chi connectivity index (χ0) is 21.6. The largest absolute Gasteiger partial charge is 0.349 e. The van der Waals surface area contributed by atoms with Gasteiger partial charge in [0.15, 0.2) is 11.0 Å². The molecule has 1 atom stereocenters. The van der Waals surface area contributed by atoms with Gasteiger partial charge in [-0.1, -0.05) is 54.2 Å². The zero-order valence-electron chi connectivity index (χ0n) is 17.2. The Balaban J connectivity index is 1.42. The molecule has 1 amide bonds. The highest BCUT2D eigenvalue weighted by Gasteiger charge is 2.16. The van der Waals surface area contributed by atoms with Gasteiger partial charge in [-0.2, -0.15) is 0 Å². The number of carbonyl (C=O) groups excluding carboxylic acids is 1. The Labute approximate surface area is 185 Å². The summed E-state index contributed by atoms with van der Waals surface area (Å²) in [7, 11) is 0. The van der Waals surface area contributed by atoms with Crippen LogP contribution < -0.4 is 5.32 Å². The summed E-state index contributed by atoms with van der Waals surface area (Å²) in [6, 6.07) is 18.1. The third-order valence-electron chi connectivity index (χ3n) is 4.95. The first-order valence-electron chi connectivity index (χ1n) is 10.0. The molecule has 2 heterocycles. The Morgan fingerprint density at radius 2 is 1.90 bits per heavy atom. The predicted octanol–water partition coefficient (Wildman–Crippen LogP) is 4.65. The van der Waals surface area contributed by atoms with Gasteiger partial charge in [-0.05, 0) is 41.5 Å². The number of rotatable bonds is 8. The van der Waals surface area contributed by atoms with Crippen molar-refractivity contribution in [2.24, 2.45) is 0 Å². The number of aromatic nitrogens is 4. The topological polar surface area (TPSA) is 72.7 Å². The molecule has 0 saturated heterocycles. The van der Waals surface area contributed by atoms with E-state index in [0.717, 1.165) is 22.3 Å². The summed E-state index contributed by atoms with van der Waals surface area (Å²) in [6.07, 6.45) is 5.23. The summed E-state index contributed by atoms with van der Waals surface area (Å²) in [5.41, 5.74) is 2.00. The molecule has 0 saturated carbocycles. The molecule has 2 aromatic carbocycles. The molecule has 4 rings (SSSR count). The predicted molar refractivity (Wildman–Crippen MR) is 125 cm³/mol. The van der Waals surface area contributed by atoms with Gasteiger partial charge in [0.1, 0.15) is 0 Å². The minimum atomic E-state index is -0.0869. The van der Waals surface area contributed by atoms with Gasteiger partial charge in [-0.25, -0.2) is 0 Å². The van der Waals surface area contributed by atoms with Crippen LogP contribution in [0.4, 0.5) is 0 Å². The van der Waals surface area contributed by atoms with Crippen molar-refractivity contribution < 1.29 is 4.79 Å². The number of carbonyl (C=O) groups is 1. The third kappa shape index (κ3) is 4.83. The second-order valence-electron chi connectivity index (χ2n) is 7.13. The summed E-state index contributed by atoms with van der Waals surface area (Å²) < 4.78 is 1.95. The number of hydrogen-bond acceptors (Lipinski definition) is 5. The summed E-state index contributed by atoms with van der Waals surface area (Å²) >= 11 is 1.36. The normalized spacial score (nSPS) is 11.9. The first-order chi connectivity index (χ1) is 15.2. The van der Waals surface area contributed by atoms with E-state index in [1.807, 2.05) is 35.8 Å². The van der Waals surface area contributed by atoms with Crippen LogP contribution in [0.1, 0.15) is 18.5 Å². The van der Waals surface area contributed by atoms with Gasteiger partial charge >= 0.3 is 0 Å². The number of thioether (sulfide) groups is 1. The smallest absolute Gasteiger partial charge is 0.230 e. The number of fused-ring (bicyclic) bond motifs is 1. The van der Waals surface area contributed by atoms with Crippen LogP contribution in [0, 0.1) is 0 Å². The highest BCUT2D eigenvalue weighted by Crippen LogP contribution is 2.24. The van der Waals surface area contributed by atoms with Gasteiger partial charge in [0, 0.05) is 24.5 Å². The molecule has 0 fully saturated rings. The van der Waals surface area contributed by atoms with Crippen molar-refractivity contribution in [1.82, 2.24) is 25.1 Å². The van der Waals surface area contributed by atoms with E-state index in [1.54, 1.807) is 18.5 Å². The number of nitrogens with zero attached hydrogens (tertiary/aromatic N) is 4. The van der Waals surface area contributed by atoms with Crippen LogP contribution in [0.5, 0.6) is 0 Å². The lowest BCUT2D eigenvalue weighted by atomic mass is 10.0. The minimum Gasteiger partial charge on any atom is -0.349 e. The van der Waals surface area contributed by atoms with Gasteiger partial charge in [0.05, 0.1) is 11.8 Å². The lowest BCUT2D eigenvalue weighted by Crippen LogP contribution is -2.28. The summed E-state index contributed by atoms with van der Waals surface area (Å²) in [5, 5.41) is 14.7. The number of hydrogen-bond donors (Lipinski definition) is 1. The second-order valence-corrected chi connectivity index (χ2v) is 8.07. The molecule has 0 aliphatic rings. The van der Waals surface area contributed by atoms with Crippen LogP contribution >= 0.6 is 11.8 Å². The molecule has 6 nitrogen and oxygen atoms in total. The van der Waals surface area contributed by atoms with Gasteiger partial charge in [0.25, 0.3) is 0 Å². The van der Waals surface area contributed by atoms with E-state index in [0.29, 0.717) is 11.7 Å². The van der Waals surface area contributed by atoms with E-state index >= 15 is 0 Å². The summed E-state index contributed by atoms with van der Waals surface area (Å²) in [6.45, 7) is 6.38. The average Bonchev–Trinajstić information content (AvgIpc) is 3.20. The minimum absolute atomic E-state index is 0.0516. The van der Waals surface area contributed by atoms with Crippen molar-refractivity contribution in [3.8, 4) is 11.4 Å². The van der Waals surface area contributed by atoms with E-state index in [1.165, 1.54) is 17.1 Å². The van der Waals surface area contributed by atoms with Crippen LogP contribution in [0.2, 0.25) is 0 Å². The Bertz CT molecular complexity index is 1210. The quantitative estimate of drug-likeness (QED) is 0.326. The number of nitrogens with one attached hydrogen (secondary N) is 1. The number of pyridine rings is 1. The fourth-order valence-corrected chi connectivity index (χ4v) is 4.14. The standard InChI is InChI=1S/C24H23N5OS/c1-3-14-29-23(19-10-12-25-13-11-19)27-28-24(29)31-16-22(30)26-17(2)20-9-8-18-6-4-5-7-21(18)15-20/h3-13,15,17H,1,14,16H2,2H3,(H,26,30). The number of benzene rings is 2. The van der Waals surface area contributed by atoms with E-state index in [2.05, 4.69) is 57.4 Å². The first-order valence-corrected chi connectivity index (χ1v) is 11.0. The number of allylic oxidation sites excluding steroid dienone is 1. The highest BCUT2D eigenvalue weighted by atomic mass is 32.2. The van der Waals surface area contributed by atoms with E-state index in [-0.39, 0.29) is 17.7 Å². The molecule has 7 heteroatoms. The maximum atomic E-state index is 12.6. The molecular formula is C24H23N5OS. The van der Waals surface area contributed by atoms with Crippen molar-refractivity contribution >= 4 is 28.4 Å². The molecule has 0 bridgehead atoms. The Hall–Kier alpha value is -3.45. The maximum Gasteiger partial charge on any atom is 0.230 e. The monoisotopic (exact) mass is 429 g/mol. The highest BCUT2D eigenvalue weighted by molar-refractivity contribution is 7.99. The molecule has 1 unspecified atom stereocenters. The molecular weight excluding hydrogens is 406 g/mol. The van der Waals surface area contributed by atoms with E-state index in [9.17, 15) is 4.79 Å². The van der Waals surface area contributed by atoms with Crippen molar-refractivity contribution in [2.75, 3.05) is 5.75 Å². The molecule has 0 radical (unpaired) electrons. The lowest BCUT2D eigenvalue weighted by Gasteiger charge is -2.15. The SMILES string of the molecule is C=CCn1c(SCC(=O)NC(C)c2ccc3ccccc3c2)nnc1-c1ccncc1. The van der Waals surface area contributed by atoms with Crippen molar-refractivity contribution in [3.05, 3.63) is 85.2 Å². The Morgan fingerprint density at radius 1 is 1.13 bits per heavy atom. The van der Waals surface area contributed by atoms with Crippen LogP contribution in [0.25, 0.3) is 22.2 Å². The van der Waals surface area contributed by atoms with Gasteiger partial charge in [-0.15, -0.1) is 16.8 Å². The van der Waals surface area contributed by atoms with Crippen molar-refractivity contribution in [2.45, 2.75) is 24.7 Å². The third-order valence-corrected chi connectivity index (χ3v) is 5.92. The fraction of sp³-hybridized carbons (Fsp3) is 0.167. The molecule has 156 valence electrons. The average molecular weight is 430 g/mol. The Morgan fingerprint density at radius 3 is 2.68 bits per heavy atom. The van der Waals surface area contributed by atoms with E-state index < -0.39 is 0 Å². The van der Waals surface area contributed by atoms with Crippen LogP contribution in [-0.2, 0) is 11.3 Å². The molecule has 2 aromatic heterocycles. The van der Waals surface area contributed by atoms with E-state index in [4.69, 9.17) is 0 Å². The molecule has 0 aliphatic heterocycles. The second kappa shape index (κ2) is 9.57. The molecule has 4 aromatic rings. The molecule has 1 N–H and O–H groups in total. The van der Waals surface area contributed by atoms with Crippen LogP contribution in [0.3, 0.4) is 0 Å². The van der Waals surface area contributed by atoms with Crippen LogP contribution in [-0.4, -0.2) is 31.4 Å². The van der Waals surface area contributed by atoms with Gasteiger partial charge < -0.3 is 5.32 Å².